The van der Waals surface area contributed by atoms with Gasteiger partial charge in [0, 0.05) is 0 Å². The van der Waals surface area contributed by atoms with Gasteiger partial charge in [-0.05, 0) is 0 Å². The second-order valence-electron chi connectivity index (χ2n) is 1.08. The van der Waals surface area contributed by atoms with Gasteiger partial charge in [-0.25, -0.2) is 0 Å². The maximum atomic E-state index is 4.90. The van der Waals surface area contributed by atoms with Crippen molar-refractivity contribution >= 4 is 7.03 Å². The third kappa shape index (κ3) is 2.33. The van der Waals surface area contributed by atoms with Crippen LogP contribution in [0, 0.1) is 0 Å². The van der Waals surface area contributed by atoms with Crippen LogP contribution in [0.2, 0.25) is 0 Å². The van der Waals surface area contributed by atoms with Crippen LogP contribution in [-0.2, 0) is 30.9 Å². The van der Waals surface area contributed by atoms with Gasteiger partial charge in [-0.2, -0.15) is 0 Å². The van der Waals surface area contributed by atoms with Gasteiger partial charge in [0.1, 0.15) is 0 Å². The van der Waals surface area contributed by atoms with Crippen LogP contribution in [0.3, 0.4) is 0 Å². The van der Waals surface area contributed by atoms with Crippen LogP contribution < -0.4 is 0 Å². The third-order valence-corrected chi connectivity index (χ3v) is 5.34. The van der Waals surface area contributed by atoms with Crippen molar-refractivity contribution in [1.29, 1.82) is 0 Å². The zero-order valence-corrected chi connectivity index (χ0v) is 7.82. The Morgan fingerprint density at radius 1 is 1.00 bits per heavy atom. The molecule has 0 fully saturated rings. The molecule has 0 aromatic carbocycles. The van der Waals surface area contributed by atoms with Crippen LogP contribution in [0.25, 0.3) is 0 Å². The van der Waals surface area contributed by atoms with Crippen LogP contribution in [-0.4, -0.2) is 28.4 Å². The van der Waals surface area contributed by atoms with Gasteiger partial charge in [-0.15, -0.1) is 0 Å². The first kappa shape index (κ1) is 8.72. The van der Waals surface area contributed by atoms with Gasteiger partial charge in [-0.1, -0.05) is 0 Å². The van der Waals surface area contributed by atoms with Crippen molar-refractivity contribution in [3.8, 4) is 0 Å². The van der Waals surface area contributed by atoms with Gasteiger partial charge in [0.15, 0.2) is 0 Å². The summed E-state index contributed by atoms with van der Waals surface area (Å²) in [7, 11) is 2.45. The summed E-state index contributed by atoms with van der Waals surface area (Å²) in [5.41, 5.74) is 0. The predicted molar refractivity (Wildman–Crippen MR) is 26.8 cm³/mol. The molecule has 0 radical (unpaired) electrons. The van der Waals surface area contributed by atoms with Crippen LogP contribution in [0.15, 0.2) is 0 Å². The Morgan fingerprint density at radius 2 is 1.25 bits per heavy atom. The van der Waals surface area contributed by atoms with Crippen molar-refractivity contribution in [2.75, 3.05) is 21.3 Å². The minimum absolute atomic E-state index is 1.57. The molecule has 0 aromatic rings. The molecule has 0 heterocycles. The molecule has 0 N–H and O–H groups in total. The van der Waals surface area contributed by atoms with Crippen LogP contribution in [0.1, 0.15) is 0 Å². The summed E-state index contributed by atoms with van der Waals surface area (Å²) >= 11 is 2.32. The molecule has 0 aliphatic carbocycles. The van der Waals surface area contributed by atoms with Crippen molar-refractivity contribution in [2.24, 2.45) is 0 Å². The molecule has 8 heavy (non-hydrogen) atoms. The van der Waals surface area contributed by atoms with E-state index in [4.69, 9.17) is 13.3 Å². The molecule has 0 spiro atoms. The van der Waals surface area contributed by atoms with E-state index >= 15 is 0 Å². The van der Waals surface area contributed by atoms with E-state index in [2.05, 4.69) is 17.6 Å². The first-order valence-corrected chi connectivity index (χ1v) is 6.20. The van der Waals surface area contributed by atoms with Crippen molar-refractivity contribution in [3.63, 3.8) is 0 Å². The summed E-state index contributed by atoms with van der Waals surface area (Å²) in [5.74, 6) is 0. The predicted octanol–water partition coefficient (Wildman–Crippen LogP) is -0.0920. The summed E-state index contributed by atoms with van der Waals surface area (Å²) in [6.45, 7) is 0. The van der Waals surface area contributed by atoms with Gasteiger partial charge in [0.05, 0.1) is 0 Å². The van der Waals surface area contributed by atoms with Crippen LogP contribution in [0.4, 0.5) is 0 Å². The van der Waals surface area contributed by atoms with Gasteiger partial charge in [0.25, 0.3) is 0 Å². The zero-order valence-electron chi connectivity index (χ0n) is 5.08. The van der Waals surface area contributed by atoms with Gasteiger partial charge in [0.2, 0.25) is 0 Å². The van der Waals surface area contributed by atoms with Crippen molar-refractivity contribution < 1.29 is 30.9 Å². The molecular weight excluding hydrogens is 213 g/mol. The molecule has 0 saturated carbocycles. The minimum atomic E-state index is -2.24. The molecule has 0 bridgehead atoms. The summed E-state index contributed by atoms with van der Waals surface area (Å²) in [5, 5.41) is 0. The molecule has 0 aromatic heterocycles. The van der Waals surface area contributed by atoms with Crippen molar-refractivity contribution in [1.82, 2.24) is 0 Å². The number of hydrogen-bond donors (Lipinski definition) is 0. The summed E-state index contributed by atoms with van der Waals surface area (Å²) in [6.07, 6.45) is 0. The van der Waals surface area contributed by atoms with E-state index in [-0.39, 0.29) is 0 Å². The molecule has 0 aliphatic heterocycles. The molecule has 51 valence electrons. The van der Waals surface area contributed by atoms with Gasteiger partial charge >= 0.3 is 59.2 Å². The molecule has 0 unspecified atom stereocenters. The quantitative estimate of drug-likeness (QED) is 0.625. The molecule has 0 rings (SSSR count). The first-order chi connectivity index (χ1) is 3.68. The van der Waals surface area contributed by atoms with E-state index in [9.17, 15) is 0 Å². The van der Waals surface area contributed by atoms with Gasteiger partial charge < -0.3 is 0 Å². The summed E-state index contributed by atoms with van der Waals surface area (Å²) in [6, 6.07) is 0. The van der Waals surface area contributed by atoms with E-state index in [0.717, 1.165) is 0 Å². The van der Waals surface area contributed by atoms with Crippen LogP contribution >= 0.6 is 0 Å². The van der Waals surface area contributed by atoms with Crippen molar-refractivity contribution in [2.45, 2.75) is 0 Å². The Bertz CT molecular complexity index is 57.3. The topological polar surface area (TPSA) is 27.7 Å². The van der Waals surface area contributed by atoms with Crippen LogP contribution in [0.5, 0.6) is 0 Å². The van der Waals surface area contributed by atoms with Crippen molar-refractivity contribution in [3.05, 3.63) is 0 Å². The molecule has 3 nitrogen and oxygen atoms in total. The molecule has 5 heteroatoms. The average Bonchev–Trinajstić information content (AvgIpc) is 1.87. The Hall–Kier alpha value is 0.720. The Morgan fingerprint density at radius 3 is 1.25 bits per heavy atom. The Kier molecular flexibility index (Phi) is 4.02. The fraction of sp³-hybridized carbons (Fsp3) is 1.00. The Labute approximate surface area is 59.7 Å². The average molecular weight is 222 g/mol. The second kappa shape index (κ2) is 3.69. The van der Waals surface area contributed by atoms with E-state index in [1.807, 2.05) is 0 Å². The number of hydrogen-bond acceptors (Lipinski definition) is 3. The standard InChI is InChI=1S/C3H9O3Si.Ru/c1-4-7(5-2)6-3;/h1-3H3;. The molecule has 0 atom stereocenters. The normalized spacial score (nSPS) is 12.0. The monoisotopic (exact) mass is 223 g/mol. The summed E-state index contributed by atoms with van der Waals surface area (Å²) < 4.78 is 14.7. The third-order valence-electron chi connectivity index (χ3n) is 0.717. The fourth-order valence-electron chi connectivity index (χ4n) is 0.250. The van der Waals surface area contributed by atoms with Gasteiger partial charge in [-0.3, -0.25) is 0 Å². The second-order valence-corrected chi connectivity index (χ2v) is 6.43. The van der Waals surface area contributed by atoms with E-state index < -0.39 is 7.03 Å². The fourth-order valence-corrected chi connectivity index (χ4v) is 0.750. The first-order valence-electron chi connectivity index (χ1n) is 2.01. The molecule has 0 aliphatic rings. The Balaban J connectivity index is 3.58. The van der Waals surface area contributed by atoms with E-state index in [1.54, 1.807) is 21.3 Å². The van der Waals surface area contributed by atoms with E-state index in [0.29, 0.717) is 0 Å². The molecule has 0 amide bonds. The number of rotatable bonds is 3. The molecule has 0 saturated heterocycles. The maximum absolute atomic E-state index is 4.90. The van der Waals surface area contributed by atoms with E-state index in [1.165, 1.54) is 0 Å². The zero-order chi connectivity index (χ0) is 6.62. The summed E-state index contributed by atoms with van der Waals surface area (Å²) in [4.78, 5) is 0. The molecular formula is C3H9O3RuSi. The SMILES string of the molecule is CO[Si]([Ru])(OC)OC.